The number of aliphatic hydroxyl groups excluding tert-OH is 2. The van der Waals surface area contributed by atoms with Gasteiger partial charge in [0.1, 0.15) is 11.4 Å². The van der Waals surface area contributed by atoms with Crippen LogP contribution in [0.4, 0.5) is 0 Å². The van der Waals surface area contributed by atoms with Gasteiger partial charge < -0.3 is 29.3 Å². The van der Waals surface area contributed by atoms with Gasteiger partial charge in [-0.15, -0.1) is 0 Å². The number of β-amino-alcohol motifs (C(OH)–C–C–N with tert-alkyl or cyclic N) is 1. The molecule has 0 unspecified atom stereocenters. The summed E-state index contributed by atoms with van der Waals surface area (Å²) < 4.78 is 17.0. The maximum absolute atomic E-state index is 10.7. The third-order valence-corrected chi connectivity index (χ3v) is 6.16. The standard InChI is InChI=1S/C23H29NO5/c1-27-21-8-7-16(13-22(21)28-2)19(26)15-24-11-9-23(10-12-24)14-18(25)17-5-3-4-6-20(17)29-23/h3-8,13,18-19,25-26H,9-12,14-15H2,1-2H3/t18-,19-/m0/s1. The number of hydrogen-bond acceptors (Lipinski definition) is 6. The summed E-state index contributed by atoms with van der Waals surface area (Å²) in [6.07, 6.45) is 1.19. The summed E-state index contributed by atoms with van der Waals surface area (Å²) in [4.78, 5) is 2.25. The molecule has 2 atom stereocenters. The maximum atomic E-state index is 10.7. The number of methoxy groups -OCH3 is 2. The summed E-state index contributed by atoms with van der Waals surface area (Å²) in [6, 6.07) is 13.3. The van der Waals surface area contributed by atoms with Crippen LogP contribution in [-0.2, 0) is 0 Å². The summed E-state index contributed by atoms with van der Waals surface area (Å²) in [7, 11) is 3.19. The van der Waals surface area contributed by atoms with Crippen LogP contribution in [0, 0.1) is 0 Å². The van der Waals surface area contributed by atoms with E-state index in [1.165, 1.54) is 0 Å². The van der Waals surface area contributed by atoms with E-state index in [4.69, 9.17) is 14.2 Å². The van der Waals surface area contributed by atoms with Crippen molar-refractivity contribution in [1.82, 2.24) is 4.90 Å². The van der Waals surface area contributed by atoms with Crippen molar-refractivity contribution in [3.63, 3.8) is 0 Å². The molecule has 2 aliphatic heterocycles. The molecule has 0 radical (unpaired) electrons. The average molecular weight is 399 g/mol. The number of aliphatic hydroxyl groups is 2. The number of nitrogens with zero attached hydrogens (tertiary/aromatic N) is 1. The van der Waals surface area contributed by atoms with Crippen molar-refractivity contribution < 1.29 is 24.4 Å². The molecule has 29 heavy (non-hydrogen) atoms. The summed E-state index contributed by atoms with van der Waals surface area (Å²) in [5.41, 5.74) is 1.36. The molecule has 4 rings (SSSR count). The topological polar surface area (TPSA) is 71.4 Å². The van der Waals surface area contributed by atoms with E-state index in [0.29, 0.717) is 24.5 Å². The zero-order valence-corrected chi connectivity index (χ0v) is 17.0. The molecule has 2 aromatic rings. The second-order valence-corrected chi connectivity index (χ2v) is 7.97. The molecule has 2 heterocycles. The van der Waals surface area contributed by atoms with Crippen molar-refractivity contribution in [1.29, 1.82) is 0 Å². The molecule has 2 N–H and O–H groups in total. The second-order valence-electron chi connectivity index (χ2n) is 7.97. The molecule has 0 aromatic heterocycles. The monoisotopic (exact) mass is 399 g/mol. The van der Waals surface area contributed by atoms with Crippen LogP contribution in [-0.4, -0.2) is 54.6 Å². The highest BCUT2D eigenvalue weighted by Gasteiger charge is 2.42. The van der Waals surface area contributed by atoms with Crippen molar-refractivity contribution in [2.75, 3.05) is 33.9 Å². The smallest absolute Gasteiger partial charge is 0.161 e. The van der Waals surface area contributed by atoms with Crippen LogP contribution >= 0.6 is 0 Å². The Morgan fingerprint density at radius 1 is 1.10 bits per heavy atom. The van der Waals surface area contributed by atoms with Gasteiger partial charge in [-0.2, -0.15) is 0 Å². The van der Waals surface area contributed by atoms with E-state index in [2.05, 4.69) is 4.90 Å². The zero-order valence-electron chi connectivity index (χ0n) is 17.0. The molecular formula is C23H29NO5. The Bertz CT molecular complexity index is 847. The summed E-state index contributed by atoms with van der Waals surface area (Å²) in [5.74, 6) is 2.06. The quantitative estimate of drug-likeness (QED) is 0.805. The van der Waals surface area contributed by atoms with Gasteiger partial charge in [-0.05, 0) is 36.6 Å². The fourth-order valence-electron chi connectivity index (χ4n) is 4.45. The molecule has 6 heteroatoms. The van der Waals surface area contributed by atoms with Gasteiger partial charge in [-0.1, -0.05) is 24.3 Å². The Balaban J connectivity index is 1.38. The van der Waals surface area contributed by atoms with Crippen molar-refractivity contribution in [3.8, 4) is 17.2 Å². The highest BCUT2D eigenvalue weighted by molar-refractivity contribution is 5.43. The third kappa shape index (κ3) is 4.06. The molecule has 0 bridgehead atoms. The highest BCUT2D eigenvalue weighted by atomic mass is 16.5. The number of likely N-dealkylation sites (tertiary alicyclic amines) is 1. The molecule has 2 aromatic carbocycles. The molecule has 0 saturated carbocycles. The van der Waals surface area contributed by atoms with E-state index >= 15 is 0 Å². The molecule has 0 aliphatic carbocycles. The van der Waals surface area contributed by atoms with Gasteiger partial charge >= 0.3 is 0 Å². The number of benzene rings is 2. The Kier molecular flexibility index (Phi) is 5.67. The molecule has 0 amide bonds. The Labute approximate surface area is 171 Å². The van der Waals surface area contributed by atoms with Crippen molar-refractivity contribution >= 4 is 0 Å². The third-order valence-electron chi connectivity index (χ3n) is 6.16. The van der Waals surface area contributed by atoms with Crippen LogP contribution in [0.5, 0.6) is 17.2 Å². The second kappa shape index (κ2) is 8.22. The van der Waals surface area contributed by atoms with E-state index in [1.54, 1.807) is 14.2 Å². The van der Waals surface area contributed by atoms with E-state index in [-0.39, 0.29) is 5.60 Å². The largest absolute Gasteiger partial charge is 0.493 e. The number of rotatable bonds is 5. The van der Waals surface area contributed by atoms with Crippen LogP contribution in [0.3, 0.4) is 0 Å². The summed E-state index contributed by atoms with van der Waals surface area (Å²) in [5, 5.41) is 21.3. The van der Waals surface area contributed by atoms with Gasteiger partial charge in [0.05, 0.1) is 26.4 Å². The lowest BCUT2D eigenvalue weighted by atomic mass is 9.81. The van der Waals surface area contributed by atoms with Gasteiger partial charge in [0.25, 0.3) is 0 Å². The number of fused-ring (bicyclic) bond motifs is 1. The first kappa shape index (κ1) is 20.0. The molecular weight excluding hydrogens is 370 g/mol. The van der Waals surface area contributed by atoms with Gasteiger partial charge in [-0.3, -0.25) is 0 Å². The molecule has 156 valence electrons. The fourth-order valence-corrected chi connectivity index (χ4v) is 4.45. The van der Waals surface area contributed by atoms with Crippen molar-refractivity contribution in [2.24, 2.45) is 0 Å². The van der Waals surface area contributed by atoms with Crippen LogP contribution in [0.2, 0.25) is 0 Å². The minimum Gasteiger partial charge on any atom is -0.493 e. The van der Waals surface area contributed by atoms with Crippen LogP contribution < -0.4 is 14.2 Å². The van der Waals surface area contributed by atoms with Gasteiger partial charge in [0.2, 0.25) is 0 Å². The van der Waals surface area contributed by atoms with Crippen molar-refractivity contribution in [3.05, 3.63) is 53.6 Å². The molecule has 2 aliphatic rings. The van der Waals surface area contributed by atoms with Crippen molar-refractivity contribution in [2.45, 2.75) is 37.1 Å². The average Bonchev–Trinajstić information content (AvgIpc) is 2.75. The van der Waals surface area contributed by atoms with E-state index in [1.807, 2.05) is 42.5 Å². The fraction of sp³-hybridized carbons (Fsp3) is 0.478. The molecule has 1 saturated heterocycles. The zero-order chi connectivity index (χ0) is 20.4. The number of hydrogen-bond donors (Lipinski definition) is 2. The Hall–Kier alpha value is -2.28. The normalized spacial score (nSPS) is 21.9. The first-order valence-corrected chi connectivity index (χ1v) is 10.1. The maximum Gasteiger partial charge on any atom is 0.161 e. The van der Waals surface area contributed by atoms with Crippen LogP contribution in [0.15, 0.2) is 42.5 Å². The Morgan fingerprint density at radius 2 is 1.83 bits per heavy atom. The lowest BCUT2D eigenvalue weighted by Crippen LogP contribution is -2.51. The van der Waals surface area contributed by atoms with Crippen LogP contribution in [0.25, 0.3) is 0 Å². The molecule has 1 fully saturated rings. The molecule has 1 spiro atoms. The first-order valence-electron chi connectivity index (χ1n) is 10.1. The number of piperidine rings is 1. The van der Waals surface area contributed by atoms with Gasteiger partial charge in [0, 0.05) is 31.6 Å². The van der Waals surface area contributed by atoms with Gasteiger partial charge in [-0.25, -0.2) is 0 Å². The lowest BCUT2D eigenvalue weighted by Gasteiger charge is -2.46. The SMILES string of the molecule is COc1ccc([C@@H](O)CN2CCC3(CC2)C[C@H](O)c2ccccc2O3)cc1OC. The summed E-state index contributed by atoms with van der Waals surface area (Å²) >= 11 is 0. The van der Waals surface area contributed by atoms with E-state index in [9.17, 15) is 10.2 Å². The minimum absolute atomic E-state index is 0.321. The predicted octanol–water partition coefficient (Wildman–Crippen LogP) is 3.09. The highest BCUT2D eigenvalue weighted by Crippen LogP contribution is 2.44. The van der Waals surface area contributed by atoms with Crippen LogP contribution in [0.1, 0.15) is 42.6 Å². The Morgan fingerprint density at radius 3 is 2.55 bits per heavy atom. The minimum atomic E-state index is -0.609. The number of ether oxygens (including phenoxy) is 3. The van der Waals surface area contributed by atoms with E-state index < -0.39 is 12.2 Å². The van der Waals surface area contributed by atoms with Gasteiger partial charge in [0.15, 0.2) is 11.5 Å². The predicted molar refractivity (Wildman–Crippen MR) is 110 cm³/mol. The lowest BCUT2D eigenvalue weighted by molar-refractivity contribution is -0.0587. The molecule has 6 nitrogen and oxygen atoms in total. The van der Waals surface area contributed by atoms with E-state index in [0.717, 1.165) is 42.8 Å². The first-order chi connectivity index (χ1) is 14.0. The summed E-state index contributed by atoms with van der Waals surface area (Å²) in [6.45, 7) is 2.18. The number of para-hydroxylation sites is 1.